The Morgan fingerprint density at radius 2 is 1.74 bits per heavy atom. The number of carbonyl (C=O) groups is 5. The van der Waals surface area contributed by atoms with Crippen LogP contribution in [0.5, 0.6) is 0 Å². The van der Waals surface area contributed by atoms with Crippen LogP contribution in [-0.2, 0) is 30.4 Å². The molecule has 13 nitrogen and oxygen atoms in total. The van der Waals surface area contributed by atoms with E-state index in [0.29, 0.717) is 17.9 Å². The molecule has 0 aliphatic rings. The number of rotatable bonds is 15. The minimum absolute atomic E-state index is 0.0542. The average molecular weight is 500 g/mol. The second-order valence-corrected chi connectivity index (χ2v) is 9.02. The van der Waals surface area contributed by atoms with E-state index in [1.807, 2.05) is 6.26 Å². The van der Waals surface area contributed by atoms with Crippen molar-refractivity contribution in [2.24, 2.45) is 17.4 Å². The Bertz CT molecular complexity index is 848. The van der Waals surface area contributed by atoms with Crippen molar-refractivity contribution in [1.82, 2.24) is 25.9 Å². The van der Waals surface area contributed by atoms with Crippen molar-refractivity contribution in [3.63, 3.8) is 0 Å². The number of thioether (sulfide) groups is 1. The Morgan fingerprint density at radius 3 is 2.24 bits per heavy atom. The molecule has 4 amide bonds. The number of primary amides is 1. The molecule has 0 aromatic carbocycles. The first kappa shape index (κ1) is 28.9. The van der Waals surface area contributed by atoms with Crippen LogP contribution in [0.15, 0.2) is 12.5 Å². The lowest BCUT2D eigenvalue weighted by Crippen LogP contribution is -2.59. The highest BCUT2D eigenvalue weighted by Crippen LogP contribution is 2.07. The molecule has 1 heterocycles. The number of amides is 4. The molecule has 0 radical (unpaired) electrons. The lowest BCUT2D eigenvalue weighted by molar-refractivity contribution is -0.144. The smallest absolute Gasteiger partial charge is 0.326 e. The molecule has 14 heteroatoms. The fourth-order valence-corrected chi connectivity index (χ4v) is 3.42. The minimum atomic E-state index is -1.54. The van der Waals surface area contributed by atoms with Crippen molar-refractivity contribution in [2.45, 2.75) is 57.3 Å². The summed E-state index contributed by atoms with van der Waals surface area (Å²) in [4.78, 5) is 67.6. The maximum atomic E-state index is 13.1. The molecule has 0 saturated carbocycles. The van der Waals surface area contributed by atoms with E-state index in [0.717, 1.165) is 0 Å². The summed E-state index contributed by atoms with van der Waals surface area (Å²) in [6, 6.07) is -4.59. The van der Waals surface area contributed by atoms with E-state index < -0.39 is 66.1 Å². The molecule has 4 atom stereocenters. The van der Waals surface area contributed by atoms with Gasteiger partial charge in [-0.3, -0.25) is 19.2 Å². The number of H-pyrrole nitrogens is 1. The van der Waals surface area contributed by atoms with Gasteiger partial charge in [-0.2, -0.15) is 11.8 Å². The van der Waals surface area contributed by atoms with Gasteiger partial charge in [0.25, 0.3) is 0 Å². The van der Waals surface area contributed by atoms with E-state index in [2.05, 4.69) is 25.9 Å². The second kappa shape index (κ2) is 14.2. The van der Waals surface area contributed by atoms with Gasteiger partial charge in [0.1, 0.15) is 18.1 Å². The zero-order chi connectivity index (χ0) is 25.8. The molecule has 9 N–H and O–H groups in total. The number of nitrogens with zero attached hydrogens (tertiary/aromatic N) is 1. The van der Waals surface area contributed by atoms with Gasteiger partial charge in [-0.1, -0.05) is 13.8 Å². The Kier molecular flexibility index (Phi) is 12.1. The van der Waals surface area contributed by atoms with Crippen LogP contribution in [0.2, 0.25) is 0 Å². The molecule has 190 valence electrons. The van der Waals surface area contributed by atoms with Gasteiger partial charge in [0.15, 0.2) is 0 Å². The quantitative estimate of drug-likeness (QED) is 0.143. The van der Waals surface area contributed by atoms with Crippen molar-refractivity contribution in [3.05, 3.63) is 18.2 Å². The summed E-state index contributed by atoms with van der Waals surface area (Å²) >= 11 is 1.53. The molecule has 0 fully saturated rings. The summed E-state index contributed by atoms with van der Waals surface area (Å²) in [5.74, 6) is -4.12. The molecular weight excluding hydrogens is 466 g/mol. The van der Waals surface area contributed by atoms with E-state index in [1.54, 1.807) is 13.8 Å². The first-order valence-electron chi connectivity index (χ1n) is 10.6. The number of hydrogen-bond acceptors (Lipinski definition) is 8. The zero-order valence-corrected chi connectivity index (χ0v) is 20.2. The van der Waals surface area contributed by atoms with Gasteiger partial charge in [-0.25, -0.2) is 9.78 Å². The van der Waals surface area contributed by atoms with Crippen LogP contribution in [0.3, 0.4) is 0 Å². The molecule has 34 heavy (non-hydrogen) atoms. The Labute approximate surface area is 201 Å². The monoisotopic (exact) mass is 499 g/mol. The number of aromatic amines is 1. The minimum Gasteiger partial charge on any atom is -0.480 e. The number of nitrogens with two attached hydrogens (primary N) is 2. The predicted octanol–water partition coefficient (Wildman–Crippen LogP) is -1.90. The Hall–Kier alpha value is -3.13. The lowest BCUT2D eigenvalue weighted by atomic mass is 10.0. The number of carbonyl (C=O) groups excluding carboxylic acids is 4. The van der Waals surface area contributed by atoms with E-state index >= 15 is 0 Å². The summed E-state index contributed by atoms with van der Waals surface area (Å²) in [6.45, 7) is 3.30. The third kappa shape index (κ3) is 9.79. The molecule has 1 aromatic rings. The number of aromatic nitrogens is 2. The summed E-state index contributed by atoms with van der Waals surface area (Å²) in [5.41, 5.74) is 11.5. The van der Waals surface area contributed by atoms with Gasteiger partial charge in [-0.15, -0.1) is 0 Å². The number of aliphatic carboxylic acids is 1. The van der Waals surface area contributed by atoms with Crippen LogP contribution in [0.25, 0.3) is 0 Å². The van der Waals surface area contributed by atoms with Crippen molar-refractivity contribution in [2.75, 3.05) is 12.0 Å². The van der Waals surface area contributed by atoms with Gasteiger partial charge >= 0.3 is 5.97 Å². The SMILES string of the molecule is CSCCC(N)C(=O)NC(Cc1cnc[nH]1)C(=O)NC(C(=O)NC(CC(N)=O)C(=O)O)C(C)C. The van der Waals surface area contributed by atoms with E-state index in [9.17, 15) is 29.1 Å². The van der Waals surface area contributed by atoms with Crippen LogP contribution in [0.4, 0.5) is 0 Å². The fraction of sp³-hybridized carbons (Fsp3) is 0.600. The molecule has 0 saturated heterocycles. The van der Waals surface area contributed by atoms with Gasteiger partial charge in [0, 0.05) is 18.3 Å². The number of hydrogen-bond donors (Lipinski definition) is 7. The fourth-order valence-electron chi connectivity index (χ4n) is 2.93. The lowest BCUT2D eigenvalue weighted by Gasteiger charge is -2.27. The van der Waals surface area contributed by atoms with E-state index in [1.165, 1.54) is 24.3 Å². The van der Waals surface area contributed by atoms with E-state index in [4.69, 9.17) is 11.5 Å². The van der Waals surface area contributed by atoms with E-state index in [-0.39, 0.29) is 6.42 Å². The maximum Gasteiger partial charge on any atom is 0.326 e. The van der Waals surface area contributed by atoms with Crippen LogP contribution in [0, 0.1) is 5.92 Å². The molecule has 0 aliphatic heterocycles. The number of nitrogens with one attached hydrogen (secondary N) is 4. The summed E-state index contributed by atoms with van der Waals surface area (Å²) in [6.07, 6.45) is 4.66. The summed E-state index contributed by atoms with van der Waals surface area (Å²) < 4.78 is 0. The normalized spacial score (nSPS) is 14.5. The van der Waals surface area contributed by atoms with Gasteiger partial charge < -0.3 is 37.5 Å². The number of carboxylic acids is 1. The number of carboxylic acid groups (broad SMARTS) is 1. The third-order valence-electron chi connectivity index (χ3n) is 4.85. The van der Waals surface area contributed by atoms with Crippen molar-refractivity contribution >= 4 is 41.4 Å². The molecule has 1 rings (SSSR count). The summed E-state index contributed by atoms with van der Waals surface area (Å²) in [7, 11) is 0. The Morgan fingerprint density at radius 1 is 1.09 bits per heavy atom. The Balaban J connectivity index is 3.00. The highest BCUT2D eigenvalue weighted by Gasteiger charge is 2.32. The average Bonchev–Trinajstić information content (AvgIpc) is 3.26. The first-order chi connectivity index (χ1) is 16.0. The van der Waals surface area contributed by atoms with Crippen LogP contribution in [-0.4, -0.2) is 80.8 Å². The second-order valence-electron chi connectivity index (χ2n) is 8.03. The van der Waals surface area contributed by atoms with Gasteiger partial charge in [0.05, 0.1) is 18.8 Å². The third-order valence-corrected chi connectivity index (χ3v) is 5.49. The highest BCUT2D eigenvalue weighted by molar-refractivity contribution is 7.98. The molecular formula is C20H33N7O6S. The topological polar surface area (TPSA) is 222 Å². The first-order valence-corrected chi connectivity index (χ1v) is 12.0. The molecule has 0 aliphatic carbocycles. The largest absolute Gasteiger partial charge is 0.480 e. The molecule has 0 spiro atoms. The van der Waals surface area contributed by atoms with Gasteiger partial charge in [0.2, 0.25) is 23.6 Å². The number of imidazole rings is 1. The van der Waals surface area contributed by atoms with Crippen molar-refractivity contribution < 1.29 is 29.1 Å². The summed E-state index contributed by atoms with van der Waals surface area (Å²) in [5, 5.41) is 16.6. The van der Waals surface area contributed by atoms with Gasteiger partial charge in [-0.05, 0) is 24.3 Å². The molecule has 4 unspecified atom stereocenters. The zero-order valence-electron chi connectivity index (χ0n) is 19.4. The highest BCUT2D eigenvalue weighted by atomic mass is 32.2. The van der Waals surface area contributed by atoms with Crippen molar-refractivity contribution in [3.8, 4) is 0 Å². The maximum absolute atomic E-state index is 13.1. The van der Waals surface area contributed by atoms with Crippen LogP contribution >= 0.6 is 11.8 Å². The molecule has 1 aromatic heterocycles. The molecule has 0 bridgehead atoms. The van der Waals surface area contributed by atoms with Crippen molar-refractivity contribution in [1.29, 1.82) is 0 Å². The standard InChI is InChI=1S/C20H33N7O6S/c1-10(2)16(19(31)26-14(20(32)33)7-15(22)28)27-18(30)13(6-11-8-23-9-24-11)25-17(29)12(21)4-5-34-3/h8-10,12-14,16H,4-7,21H2,1-3H3,(H2,22,28)(H,23,24)(H,25,29)(H,26,31)(H,27,30)(H,32,33). The van der Waals surface area contributed by atoms with Crippen LogP contribution < -0.4 is 27.4 Å². The van der Waals surface area contributed by atoms with Crippen LogP contribution in [0.1, 0.15) is 32.4 Å². The predicted molar refractivity (Wildman–Crippen MR) is 125 cm³/mol.